The van der Waals surface area contributed by atoms with E-state index in [2.05, 4.69) is 29.1 Å². The summed E-state index contributed by atoms with van der Waals surface area (Å²) in [7, 11) is 0. The summed E-state index contributed by atoms with van der Waals surface area (Å²) in [6.07, 6.45) is 3.73. The largest absolute Gasteiger partial charge is 0.314 e. The van der Waals surface area contributed by atoms with Gasteiger partial charge in [-0.2, -0.15) is 0 Å². The Bertz CT molecular complexity index is 115. The zero-order valence-electron chi connectivity index (χ0n) is 8.72. The number of hydrogen-bond acceptors (Lipinski definition) is 3. The van der Waals surface area contributed by atoms with Gasteiger partial charge in [0.15, 0.2) is 0 Å². The minimum Gasteiger partial charge on any atom is -0.314 e. The molecule has 0 rings (SSSR count). The third-order valence-corrected chi connectivity index (χ3v) is 1.53. The van der Waals surface area contributed by atoms with Crippen LogP contribution < -0.4 is 16.0 Å². The van der Waals surface area contributed by atoms with Gasteiger partial charge in [-0.1, -0.05) is 12.2 Å². The molecule has 0 amide bonds. The van der Waals surface area contributed by atoms with Gasteiger partial charge in [0, 0.05) is 39.3 Å². The molecule has 0 unspecified atom stereocenters. The van der Waals surface area contributed by atoms with Crippen molar-refractivity contribution in [3.63, 3.8) is 0 Å². The van der Waals surface area contributed by atoms with Gasteiger partial charge in [0.2, 0.25) is 0 Å². The van der Waals surface area contributed by atoms with E-state index in [1.807, 2.05) is 12.2 Å². The summed E-state index contributed by atoms with van der Waals surface area (Å²) in [6.45, 7) is 13.0. The molecule has 3 nitrogen and oxygen atoms in total. The average molecular weight is 220 g/mol. The Labute approximate surface area is 93.4 Å². The molecule has 0 bridgehead atoms. The second-order valence-corrected chi connectivity index (χ2v) is 2.74. The molecule has 84 valence electrons. The summed E-state index contributed by atoms with van der Waals surface area (Å²) in [5, 5.41) is 9.75. The van der Waals surface area contributed by atoms with E-state index in [9.17, 15) is 0 Å². The highest BCUT2D eigenvalue weighted by Crippen LogP contribution is 1.63. The van der Waals surface area contributed by atoms with Crippen LogP contribution in [0.15, 0.2) is 25.3 Å². The summed E-state index contributed by atoms with van der Waals surface area (Å²) in [6, 6.07) is 0. The summed E-state index contributed by atoms with van der Waals surface area (Å²) in [4.78, 5) is 0. The Morgan fingerprint density at radius 3 is 1.43 bits per heavy atom. The summed E-state index contributed by atoms with van der Waals surface area (Å²) in [5.74, 6) is 0. The van der Waals surface area contributed by atoms with Crippen molar-refractivity contribution in [2.24, 2.45) is 0 Å². The Hall–Kier alpha value is -0.350. The smallest absolute Gasteiger partial charge is 0.0132 e. The van der Waals surface area contributed by atoms with Gasteiger partial charge in [0.05, 0.1) is 0 Å². The molecule has 0 saturated carbocycles. The second-order valence-electron chi connectivity index (χ2n) is 2.74. The fraction of sp³-hybridized carbons (Fsp3) is 0.600. The van der Waals surface area contributed by atoms with Crippen molar-refractivity contribution >= 4 is 12.4 Å². The molecule has 0 aromatic carbocycles. The topological polar surface area (TPSA) is 36.1 Å². The Morgan fingerprint density at radius 1 is 0.714 bits per heavy atom. The fourth-order valence-electron chi connectivity index (χ4n) is 0.887. The van der Waals surface area contributed by atoms with Crippen molar-refractivity contribution in [1.82, 2.24) is 16.0 Å². The van der Waals surface area contributed by atoms with E-state index in [0.717, 1.165) is 39.3 Å². The van der Waals surface area contributed by atoms with Crippen molar-refractivity contribution in [3.05, 3.63) is 25.3 Å². The van der Waals surface area contributed by atoms with Gasteiger partial charge >= 0.3 is 0 Å². The van der Waals surface area contributed by atoms with E-state index < -0.39 is 0 Å². The second kappa shape index (κ2) is 15.1. The SMILES string of the molecule is C=CCNCCNCCNCC=C.Cl. The maximum absolute atomic E-state index is 3.63. The van der Waals surface area contributed by atoms with Crippen LogP contribution in [-0.2, 0) is 0 Å². The minimum absolute atomic E-state index is 0. The van der Waals surface area contributed by atoms with Gasteiger partial charge in [0.1, 0.15) is 0 Å². The zero-order chi connectivity index (χ0) is 9.78. The maximum Gasteiger partial charge on any atom is 0.0132 e. The lowest BCUT2D eigenvalue weighted by Crippen LogP contribution is -2.32. The molecule has 0 aromatic heterocycles. The monoisotopic (exact) mass is 219 g/mol. The highest BCUT2D eigenvalue weighted by molar-refractivity contribution is 5.85. The molecule has 0 aliphatic heterocycles. The Morgan fingerprint density at radius 2 is 1.07 bits per heavy atom. The van der Waals surface area contributed by atoms with Crippen LogP contribution in [-0.4, -0.2) is 39.3 Å². The maximum atomic E-state index is 3.63. The standard InChI is InChI=1S/C10H21N3.ClH/c1-3-5-11-7-9-13-10-8-12-6-4-2;/h3-4,11-13H,1-2,5-10H2;1H. The first-order chi connectivity index (χ1) is 6.41. The van der Waals surface area contributed by atoms with Gasteiger partial charge < -0.3 is 16.0 Å². The first-order valence-electron chi connectivity index (χ1n) is 4.75. The van der Waals surface area contributed by atoms with Gasteiger partial charge in [0.25, 0.3) is 0 Å². The van der Waals surface area contributed by atoms with E-state index in [4.69, 9.17) is 0 Å². The van der Waals surface area contributed by atoms with Crippen molar-refractivity contribution in [3.8, 4) is 0 Å². The predicted octanol–water partition coefficient (Wildman–Crippen LogP) is 0.549. The van der Waals surface area contributed by atoms with Gasteiger partial charge in [-0.3, -0.25) is 0 Å². The van der Waals surface area contributed by atoms with Gasteiger partial charge in [-0.05, 0) is 0 Å². The van der Waals surface area contributed by atoms with Crippen LogP contribution in [0.1, 0.15) is 0 Å². The van der Waals surface area contributed by atoms with E-state index >= 15 is 0 Å². The molecule has 0 radical (unpaired) electrons. The van der Waals surface area contributed by atoms with E-state index in [1.54, 1.807) is 0 Å². The summed E-state index contributed by atoms with van der Waals surface area (Å²) >= 11 is 0. The first-order valence-corrected chi connectivity index (χ1v) is 4.75. The molecular weight excluding hydrogens is 198 g/mol. The lowest BCUT2D eigenvalue weighted by Gasteiger charge is -2.05. The highest BCUT2D eigenvalue weighted by atomic mass is 35.5. The van der Waals surface area contributed by atoms with E-state index in [1.165, 1.54) is 0 Å². The summed E-state index contributed by atoms with van der Waals surface area (Å²) < 4.78 is 0. The predicted molar refractivity (Wildman–Crippen MR) is 66.3 cm³/mol. The van der Waals surface area contributed by atoms with Gasteiger partial charge in [-0.15, -0.1) is 25.6 Å². The molecule has 0 saturated heterocycles. The molecule has 4 heteroatoms. The normalized spacial score (nSPS) is 9.14. The number of hydrogen-bond donors (Lipinski definition) is 3. The van der Waals surface area contributed by atoms with Crippen LogP contribution in [0.5, 0.6) is 0 Å². The Kier molecular flexibility index (Phi) is 17.4. The van der Waals surface area contributed by atoms with Crippen molar-refractivity contribution in [2.75, 3.05) is 39.3 Å². The summed E-state index contributed by atoms with van der Waals surface area (Å²) in [5.41, 5.74) is 0. The lowest BCUT2D eigenvalue weighted by molar-refractivity contribution is 0.608. The number of rotatable bonds is 10. The molecule has 0 heterocycles. The van der Waals surface area contributed by atoms with Gasteiger partial charge in [-0.25, -0.2) is 0 Å². The van der Waals surface area contributed by atoms with E-state index in [-0.39, 0.29) is 12.4 Å². The quantitative estimate of drug-likeness (QED) is 0.371. The first kappa shape index (κ1) is 16.1. The molecule has 0 aliphatic rings. The van der Waals surface area contributed by atoms with Crippen molar-refractivity contribution < 1.29 is 0 Å². The molecule has 0 atom stereocenters. The molecule has 0 aromatic rings. The van der Waals surface area contributed by atoms with Crippen LogP contribution in [0.25, 0.3) is 0 Å². The van der Waals surface area contributed by atoms with Crippen LogP contribution in [0, 0.1) is 0 Å². The van der Waals surface area contributed by atoms with Crippen LogP contribution in [0.3, 0.4) is 0 Å². The third kappa shape index (κ3) is 14.2. The number of halogens is 1. The van der Waals surface area contributed by atoms with Crippen molar-refractivity contribution in [2.45, 2.75) is 0 Å². The Balaban J connectivity index is 0. The third-order valence-electron chi connectivity index (χ3n) is 1.53. The zero-order valence-corrected chi connectivity index (χ0v) is 9.54. The minimum atomic E-state index is 0. The average Bonchev–Trinajstić information content (AvgIpc) is 2.16. The molecule has 3 N–H and O–H groups in total. The van der Waals surface area contributed by atoms with Crippen LogP contribution in [0.4, 0.5) is 0 Å². The highest BCUT2D eigenvalue weighted by Gasteiger charge is 1.85. The molecule has 14 heavy (non-hydrogen) atoms. The number of nitrogens with one attached hydrogen (secondary N) is 3. The van der Waals surface area contributed by atoms with Crippen LogP contribution in [0.2, 0.25) is 0 Å². The van der Waals surface area contributed by atoms with E-state index in [0.29, 0.717) is 0 Å². The molecule has 0 aliphatic carbocycles. The lowest BCUT2D eigenvalue weighted by atomic mass is 10.5. The molecule has 0 spiro atoms. The molecular formula is C10H22ClN3. The van der Waals surface area contributed by atoms with Crippen LogP contribution >= 0.6 is 12.4 Å². The molecule has 0 fully saturated rings. The fourth-order valence-corrected chi connectivity index (χ4v) is 0.887. The van der Waals surface area contributed by atoms with Crippen molar-refractivity contribution in [1.29, 1.82) is 0 Å².